The molecule has 0 aliphatic heterocycles. The van der Waals surface area contributed by atoms with Crippen LogP contribution in [0.25, 0.3) is 0 Å². The van der Waals surface area contributed by atoms with Crippen LogP contribution < -0.4 is 15.4 Å². The number of anilines is 1. The van der Waals surface area contributed by atoms with Crippen molar-refractivity contribution in [2.24, 2.45) is 0 Å². The molecule has 3 N–H and O–H groups in total. The van der Waals surface area contributed by atoms with Crippen LogP contribution in [0.2, 0.25) is 0 Å². The number of hydrogen-bond donors (Lipinski definition) is 3. The Labute approximate surface area is 150 Å². The van der Waals surface area contributed by atoms with E-state index in [0.717, 1.165) is 4.90 Å². The van der Waals surface area contributed by atoms with Crippen LogP contribution in [0.1, 0.15) is 29.8 Å². The summed E-state index contributed by atoms with van der Waals surface area (Å²) in [6.07, 6.45) is 5.32. The maximum atomic E-state index is 11.9. The van der Waals surface area contributed by atoms with Crippen molar-refractivity contribution >= 4 is 29.4 Å². The van der Waals surface area contributed by atoms with Crippen molar-refractivity contribution in [3.63, 3.8) is 0 Å². The minimum atomic E-state index is -0.371. The maximum Gasteiger partial charge on any atom is 0.270 e. The monoisotopic (exact) mass is 356 g/mol. The van der Waals surface area contributed by atoms with Gasteiger partial charge in [-0.05, 0) is 61.2 Å². The highest BCUT2D eigenvalue weighted by molar-refractivity contribution is 7.97. The molecule has 6 nitrogen and oxygen atoms in total. The summed E-state index contributed by atoms with van der Waals surface area (Å²) < 4.78 is 3.42. The summed E-state index contributed by atoms with van der Waals surface area (Å²) >= 11 is 1.62. The van der Waals surface area contributed by atoms with Crippen LogP contribution in [0.5, 0.6) is 0 Å². The van der Waals surface area contributed by atoms with E-state index in [1.807, 2.05) is 24.3 Å². The van der Waals surface area contributed by atoms with Gasteiger partial charge in [-0.2, -0.15) is 0 Å². The van der Waals surface area contributed by atoms with Gasteiger partial charge >= 0.3 is 0 Å². The van der Waals surface area contributed by atoms with Crippen LogP contribution in [-0.4, -0.2) is 29.4 Å². The Balaban J connectivity index is 1.42. The zero-order valence-electron chi connectivity index (χ0n) is 13.7. The lowest BCUT2D eigenvalue weighted by Gasteiger charge is -2.25. The standard InChI is InChI=1S/C18H20N4O2S/c23-17(12-20-18(24)16-6-1-2-11-19-16)21-13-7-9-15(10-8-13)25-22-14-4-3-5-14/h1-2,6-11,14,22H,3-5,12H2,(H,20,24)(H,21,23). The molecule has 0 bridgehead atoms. The van der Waals surface area contributed by atoms with Crippen molar-refractivity contribution in [3.8, 4) is 0 Å². The largest absolute Gasteiger partial charge is 0.342 e. The third-order valence-electron chi connectivity index (χ3n) is 3.89. The molecule has 1 aromatic heterocycles. The lowest BCUT2D eigenvalue weighted by molar-refractivity contribution is -0.115. The van der Waals surface area contributed by atoms with Crippen molar-refractivity contribution in [1.29, 1.82) is 0 Å². The van der Waals surface area contributed by atoms with Gasteiger partial charge in [0, 0.05) is 22.8 Å². The number of amides is 2. The lowest BCUT2D eigenvalue weighted by Crippen LogP contribution is -2.33. The third-order valence-corrected chi connectivity index (χ3v) is 4.85. The highest BCUT2D eigenvalue weighted by Crippen LogP contribution is 2.24. The first-order valence-corrected chi connectivity index (χ1v) is 9.04. The SMILES string of the molecule is O=C(CNC(=O)c1ccccn1)Nc1ccc(SNC2CCC2)cc1. The van der Waals surface area contributed by atoms with Crippen LogP contribution in [0.15, 0.2) is 53.6 Å². The van der Waals surface area contributed by atoms with E-state index in [4.69, 9.17) is 0 Å². The van der Waals surface area contributed by atoms with Gasteiger partial charge in [-0.15, -0.1) is 0 Å². The highest BCUT2D eigenvalue weighted by Gasteiger charge is 2.16. The summed E-state index contributed by atoms with van der Waals surface area (Å²) in [4.78, 5) is 28.8. The molecule has 1 saturated carbocycles. The van der Waals surface area contributed by atoms with E-state index in [0.29, 0.717) is 11.7 Å². The van der Waals surface area contributed by atoms with E-state index in [9.17, 15) is 9.59 Å². The van der Waals surface area contributed by atoms with Gasteiger partial charge in [0.1, 0.15) is 5.69 Å². The second-order valence-electron chi connectivity index (χ2n) is 5.82. The van der Waals surface area contributed by atoms with Gasteiger partial charge in [-0.3, -0.25) is 19.3 Å². The molecule has 1 aliphatic carbocycles. The Bertz CT molecular complexity index is 718. The van der Waals surface area contributed by atoms with Crippen molar-refractivity contribution in [2.45, 2.75) is 30.2 Å². The first-order valence-electron chi connectivity index (χ1n) is 8.22. The third kappa shape index (κ3) is 5.30. The molecule has 0 saturated heterocycles. The lowest BCUT2D eigenvalue weighted by atomic mass is 9.94. The quantitative estimate of drug-likeness (QED) is 0.664. The highest BCUT2D eigenvalue weighted by atomic mass is 32.2. The Morgan fingerprint density at radius 3 is 2.56 bits per heavy atom. The number of aromatic nitrogens is 1. The first kappa shape index (κ1) is 17.4. The Morgan fingerprint density at radius 1 is 1.12 bits per heavy atom. The predicted octanol–water partition coefficient (Wildman–Crippen LogP) is 2.60. The number of nitrogens with zero attached hydrogens (tertiary/aromatic N) is 1. The number of carbonyl (C=O) groups excluding carboxylic acids is 2. The second kappa shape index (κ2) is 8.64. The maximum absolute atomic E-state index is 11.9. The van der Waals surface area contributed by atoms with E-state index in [-0.39, 0.29) is 24.1 Å². The average Bonchev–Trinajstić information content (AvgIpc) is 2.60. The minimum Gasteiger partial charge on any atom is -0.342 e. The molecule has 0 spiro atoms. The summed E-state index contributed by atoms with van der Waals surface area (Å²) in [5.41, 5.74) is 0.987. The van der Waals surface area contributed by atoms with Gasteiger partial charge in [0.2, 0.25) is 5.91 Å². The summed E-state index contributed by atoms with van der Waals surface area (Å²) in [7, 11) is 0. The van der Waals surface area contributed by atoms with E-state index in [2.05, 4.69) is 20.3 Å². The zero-order valence-corrected chi connectivity index (χ0v) is 14.5. The molecule has 7 heteroatoms. The molecule has 1 aliphatic rings. The molecule has 1 fully saturated rings. The van der Waals surface area contributed by atoms with Crippen molar-refractivity contribution in [3.05, 3.63) is 54.4 Å². The number of hydrogen-bond acceptors (Lipinski definition) is 5. The fourth-order valence-electron chi connectivity index (χ4n) is 2.24. The van der Waals surface area contributed by atoms with Crippen LogP contribution in [0.3, 0.4) is 0 Å². The van der Waals surface area contributed by atoms with Gasteiger partial charge < -0.3 is 10.6 Å². The fraction of sp³-hybridized carbons (Fsp3) is 0.278. The molecule has 0 atom stereocenters. The van der Waals surface area contributed by atoms with E-state index >= 15 is 0 Å². The van der Waals surface area contributed by atoms with Crippen molar-refractivity contribution in [1.82, 2.24) is 15.0 Å². The molecule has 1 heterocycles. The van der Waals surface area contributed by atoms with E-state index in [1.54, 1.807) is 30.1 Å². The summed E-state index contributed by atoms with van der Waals surface area (Å²) in [5.74, 6) is -0.651. The normalized spacial score (nSPS) is 13.8. The predicted molar refractivity (Wildman–Crippen MR) is 98.3 cm³/mol. The summed E-state index contributed by atoms with van der Waals surface area (Å²) in [6.45, 7) is -0.102. The molecule has 0 unspecified atom stereocenters. The van der Waals surface area contributed by atoms with Crippen LogP contribution in [0, 0.1) is 0 Å². The number of carbonyl (C=O) groups is 2. The van der Waals surface area contributed by atoms with Crippen molar-refractivity contribution < 1.29 is 9.59 Å². The molecule has 25 heavy (non-hydrogen) atoms. The van der Waals surface area contributed by atoms with Gasteiger partial charge in [-0.25, -0.2) is 0 Å². The summed E-state index contributed by atoms with van der Waals surface area (Å²) in [6, 6.07) is 13.3. The van der Waals surface area contributed by atoms with Gasteiger partial charge in [0.05, 0.1) is 6.54 Å². The fourth-order valence-corrected chi connectivity index (χ4v) is 3.05. The average molecular weight is 356 g/mol. The number of benzene rings is 1. The molecule has 130 valence electrons. The van der Waals surface area contributed by atoms with Gasteiger partial charge in [0.25, 0.3) is 5.91 Å². The van der Waals surface area contributed by atoms with Gasteiger partial charge in [-0.1, -0.05) is 12.5 Å². The van der Waals surface area contributed by atoms with E-state index < -0.39 is 0 Å². The molecule has 2 aromatic rings. The number of rotatable bonds is 7. The molecule has 2 amide bonds. The molecular formula is C18H20N4O2S. The molecule has 1 aromatic carbocycles. The molecular weight excluding hydrogens is 336 g/mol. The molecule has 0 radical (unpaired) electrons. The Kier molecular flexibility index (Phi) is 6.03. The van der Waals surface area contributed by atoms with E-state index in [1.165, 1.54) is 25.5 Å². The Hall–Kier alpha value is -2.38. The summed E-state index contributed by atoms with van der Waals surface area (Å²) in [5, 5.41) is 5.31. The topological polar surface area (TPSA) is 83.1 Å². The molecule has 3 rings (SSSR count). The smallest absolute Gasteiger partial charge is 0.270 e. The number of pyridine rings is 1. The van der Waals surface area contributed by atoms with Crippen LogP contribution in [-0.2, 0) is 4.79 Å². The number of nitrogens with one attached hydrogen (secondary N) is 3. The Morgan fingerprint density at radius 2 is 1.92 bits per heavy atom. The first-order chi connectivity index (χ1) is 12.2. The van der Waals surface area contributed by atoms with Crippen molar-refractivity contribution in [2.75, 3.05) is 11.9 Å². The van der Waals surface area contributed by atoms with Crippen LogP contribution in [0.4, 0.5) is 5.69 Å². The van der Waals surface area contributed by atoms with Gasteiger partial charge in [0.15, 0.2) is 0 Å². The minimum absolute atomic E-state index is 0.102. The van der Waals surface area contributed by atoms with Crippen LogP contribution >= 0.6 is 11.9 Å². The second-order valence-corrected chi connectivity index (χ2v) is 6.73. The zero-order chi connectivity index (χ0) is 17.5.